The molecule has 0 amide bonds. The molecule has 0 unspecified atom stereocenters. The van der Waals surface area contributed by atoms with Gasteiger partial charge in [0.2, 0.25) is 0 Å². The summed E-state index contributed by atoms with van der Waals surface area (Å²) in [6.45, 7) is 7.76. The number of rotatable bonds is 7. The van der Waals surface area contributed by atoms with Crippen molar-refractivity contribution in [2.24, 2.45) is 0 Å². The molecule has 3 N–H and O–H groups in total. The van der Waals surface area contributed by atoms with Gasteiger partial charge >= 0.3 is 0 Å². The number of halogens is 1. The van der Waals surface area contributed by atoms with Crippen LogP contribution in [0.5, 0.6) is 17.2 Å². The number of ether oxygens (including phenoxy) is 3. The van der Waals surface area contributed by atoms with Crippen LogP contribution < -0.4 is 19.5 Å². The van der Waals surface area contributed by atoms with Gasteiger partial charge in [-0.3, -0.25) is 0 Å². The van der Waals surface area contributed by atoms with E-state index in [2.05, 4.69) is 54.5 Å². The highest BCUT2D eigenvalue weighted by Crippen LogP contribution is 2.36. The second-order valence-electron chi connectivity index (χ2n) is 9.83. The van der Waals surface area contributed by atoms with Crippen LogP contribution in [0.15, 0.2) is 48.5 Å². The average molecular weight is 506 g/mol. The molecule has 0 bridgehead atoms. The Morgan fingerprint density at radius 1 is 1.03 bits per heavy atom. The Bertz CT molecular complexity index is 1410. The lowest BCUT2D eigenvalue weighted by molar-refractivity contribution is -0.690. The molecule has 1 atom stereocenters. The Labute approximate surface area is 217 Å². The molecule has 36 heavy (non-hydrogen) atoms. The van der Waals surface area contributed by atoms with Crippen molar-refractivity contribution in [1.82, 2.24) is 4.98 Å². The zero-order chi connectivity index (χ0) is 25.4. The third-order valence-corrected chi connectivity index (χ3v) is 7.62. The number of H-pyrrole nitrogens is 1. The van der Waals surface area contributed by atoms with Crippen LogP contribution in [0.25, 0.3) is 10.9 Å². The highest BCUT2D eigenvalue weighted by atomic mass is 35.5. The third kappa shape index (κ3) is 4.54. The Hall–Kier alpha value is -3.15. The summed E-state index contributed by atoms with van der Waals surface area (Å²) in [7, 11) is 3.42. The number of nitrogens with one attached hydrogen (secondary N) is 1. The van der Waals surface area contributed by atoms with Crippen LogP contribution in [0.2, 0.25) is 5.02 Å². The number of quaternary nitrogens is 1. The summed E-state index contributed by atoms with van der Waals surface area (Å²) in [6, 6.07) is 16.9. The number of aryl methyl sites for hydroxylation is 1. The fraction of sp³-hybridized carbons (Fsp3) is 0.333. The van der Waals surface area contributed by atoms with Crippen LogP contribution in [-0.2, 0) is 13.0 Å². The number of fused-ring (bicyclic) bond motifs is 3. The maximum atomic E-state index is 6.40. The normalized spacial score (nSPS) is 15.2. The number of hydrogen-bond acceptors (Lipinski definition) is 3. The van der Waals surface area contributed by atoms with Crippen LogP contribution in [0.1, 0.15) is 59.3 Å². The molecule has 5 rings (SSSR count). The van der Waals surface area contributed by atoms with Gasteiger partial charge in [0.1, 0.15) is 23.9 Å². The van der Waals surface area contributed by atoms with Crippen molar-refractivity contribution in [1.29, 1.82) is 0 Å². The summed E-state index contributed by atoms with van der Waals surface area (Å²) >= 11 is 6.40. The summed E-state index contributed by atoms with van der Waals surface area (Å²) in [6.07, 6.45) is 1.03. The van der Waals surface area contributed by atoms with Crippen LogP contribution in [0.3, 0.4) is 0 Å². The number of nitrogens with two attached hydrogens (primary N) is 1. The highest BCUT2D eigenvalue weighted by molar-refractivity contribution is 6.31. The quantitative estimate of drug-likeness (QED) is 0.321. The molecule has 5 nitrogen and oxygen atoms in total. The van der Waals surface area contributed by atoms with E-state index in [0.717, 1.165) is 57.4 Å². The molecular formula is C30H34ClN2O3+. The minimum atomic E-state index is 0.181. The third-order valence-electron chi connectivity index (χ3n) is 7.21. The molecule has 188 valence electrons. The first-order valence-electron chi connectivity index (χ1n) is 12.5. The fourth-order valence-electron chi connectivity index (χ4n) is 5.23. The molecule has 0 saturated carbocycles. The van der Waals surface area contributed by atoms with Crippen LogP contribution in [-0.4, -0.2) is 25.7 Å². The molecule has 3 aromatic carbocycles. The van der Waals surface area contributed by atoms with Crippen molar-refractivity contribution in [3.63, 3.8) is 0 Å². The predicted molar refractivity (Wildman–Crippen MR) is 145 cm³/mol. The topological polar surface area (TPSA) is 60.1 Å². The van der Waals surface area contributed by atoms with Gasteiger partial charge in [-0.25, -0.2) is 0 Å². The lowest BCUT2D eigenvalue weighted by Crippen LogP contribution is -2.87. The van der Waals surface area contributed by atoms with Crippen LogP contribution >= 0.6 is 11.6 Å². The maximum Gasteiger partial charge on any atom is 0.153 e. The molecule has 4 aromatic rings. The largest absolute Gasteiger partial charge is 0.497 e. The van der Waals surface area contributed by atoms with E-state index in [1.807, 2.05) is 25.1 Å². The molecule has 1 aliphatic rings. The maximum absolute atomic E-state index is 6.40. The second-order valence-corrected chi connectivity index (χ2v) is 10.2. The molecule has 0 spiro atoms. The van der Waals surface area contributed by atoms with Crippen molar-refractivity contribution >= 4 is 22.5 Å². The van der Waals surface area contributed by atoms with E-state index in [-0.39, 0.29) is 6.04 Å². The standard InChI is InChI=1S/C30H33ClN2O3/c1-17(2)23-15-25(31)18(3)12-28(23)36-16-20-13-19(6-9-27(20)35-5)29-30-22(10-11-32-29)24-14-21(34-4)7-8-26(24)33-30/h6-9,12-15,17,29,32-33H,10-11,16H2,1-5H3/p+1/t29-/m1/s1. The first-order valence-corrected chi connectivity index (χ1v) is 12.9. The Balaban J connectivity index is 1.48. The number of aromatic amines is 1. The summed E-state index contributed by atoms with van der Waals surface area (Å²) < 4.78 is 17.6. The van der Waals surface area contributed by atoms with E-state index < -0.39 is 0 Å². The lowest BCUT2D eigenvalue weighted by Gasteiger charge is -2.23. The molecular weight excluding hydrogens is 472 g/mol. The van der Waals surface area contributed by atoms with Gasteiger partial charge < -0.3 is 24.5 Å². The number of hydrogen-bond donors (Lipinski definition) is 2. The van der Waals surface area contributed by atoms with E-state index in [1.54, 1.807) is 14.2 Å². The number of methoxy groups -OCH3 is 2. The van der Waals surface area contributed by atoms with Crippen LogP contribution in [0.4, 0.5) is 0 Å². The predicted octanol–water partition coefficient (Wildman–Crippen LogP) is 6.06. The highest BCUT2D eigenvalue weighted by Gasteiger charge is 2.29. The Morgan fingerprint density at radius 2 is 1.86 bits per heavy atom. The first kappa shape index (κ1) is 24.5. The van der Waals surface area contributed by atoms with E-state index in [4.69, 9.17) is 25.8 Å². The number of aromatic nitrogens is 1. The van der Waals surface area contributed by atoms with Gasteiger partial charge in [-0.1, -0.05) is 25.4 Å². The summed E-state index contributed by atoms with van der Waals surface area (Å²) in [4.78, 5) is 3.69. The van der Waals surface area contributed by atoms with Crippen molar-refractivity contribution < 1.29 is 19.5 Å². The van der Waals surface area contributed by atoms with Gasteiger partial charge in [0, 0.05) is 33.5 Å². The van der Waals surface area contributed by atoms with E-state index in [0.29, 0.717) is 12.5 Å². The van der Waals surface area contributed by atoms with Gasteiger partial charge in [0.25, 0.3) is 0 Å². The smallest absolute Gasteiger partial charge is 0.153 e. The van der Waals surface area contributed by atoms with Crippen LogP contribution in [0, 0.1) is 6.92 Å². The fourth-order valence-corrected chi connectivity index (χ4v) is 5.40. The Morgan fingerprint density at radius 3 is 2.61 bits per heavy atom. The molecule has 1 aliphatic heterocycles. The molecule has 6 heteroatoms. The van der Waals surface area contributed by atoms with E-state index in [1.165, 1.54) is 22.2 Å². The molecule has 0 radical (unpaired) electrons. The van der Waals surface area contributed by atoms with Gasteiger partial charge in [0.05, 0.1) is 26.5 Å². The molecule has 2 heterocycles. The zero-order valence-corrected chi connectivity index (χ0v) is 22.3. The molecule has 0 fully saturated rings. The number of benzene rings is 3. The van der Waals surface area contributed by atoms with Gasteiger partial charge in [-0.05, 0) is 78.1 Å². The van der Waals surface area contributed by atoms with Crippen molar-refractivity contribution in [3.8, 4) is 17.2 Å². The van der Waals surface area contributed by atoms with Crippen molar-refractivity contribution in [2.45, 2.75) is 45.8 Å². The Kier molecular flexibility index (Phi) is 6.87. The minimum Gasteiger partial charge on any atom is -0.497 e. The second kappa shape index (κ2) is 10.1. The minimum absolute atomic E-state index is 0.181. The summed E-state index contributed by atoms with van der Waals surface area (Å²) in [5.41, 5.74) is 8.16. The molecule has 0 saturated heterocycles. The summed E-state index contributed by atoms with van der Waals surface area (Å²) in [5.74, 6) is 2.89. The van der Waals surface area contributed by atoms with E-state index >= 15 is 0 Å². The SMILES string of the molecule is COc1ccc2[nH]c3c(c2c1)CC[NH2+][C@@H]3c1ccc(OC)c(COc2cc(C)c(Cl)cc2C(C)C)c1. The molecule has 1 aromatic heterocycles. The average Bonchev–Trinajstić information content (AvgIpc) is 3.26. The van der Waals surface area contributed by atoms with Crippen molar-refractivity contribution in [3.05, 3.63) is 87.1 Å². The monoisotopic (exact) mass is 505 g/mol. The van der Waals surface area contributed by atoms with E-state index in [9.17, 15) is 0 Å². The lowest BCUT2D eigenvalue weighted by atomic mass is 9.93. The summed E-state index contributed by atoms with van der Waals surface area (Å²) in [5, 5.41) is 4.42. The van der Waals surface area contributed by atoms with Gasteiger partial charge in [-0.15, -0.1) is 0 Å². The van der Waals surface area contributed by atoms with Crippen molar-refractivity contribution in [2.75, 3.05) is 20.8 Å². The molecule has 0 aliphatic carbocycles. The first-order chi connectivity index (χ1) is 17.4. The van der Waals surface area contributed by atoms with Gasteiger partial charge in [0.15, 0.2) is 6.04 Å². The van der Waals surface area contributed by atoms with Gasteiger partial charge in [-0.2, -0.15) is 0 Å². The zero-order valence-electron chi connectivity index (χ0n) is 21.6.